The molecule has 0 atom stereocenters. The van der Waals surface area contributed by atoms with E-state index in [-0.39, 0.29) is 0 Å². The summed E-state index contributed by atoms with van der Waals surface area (Å²) in [4.78, 5) is 7.84. The van der Waals surface area contributed by atoms with Gasteiger partial charge >= 0.3 is 0 Å². The number of hydrogen-bond acceptors (Lipinski definition) is 3. The third-order valence-corrected chi connectivity index (χ3v) is 4.68. The quantitative estimate of drug-likeness (QED) is 0.593. The highest BCUT2D eigenvalue weighted by Crippen LogP contribution is 2.40. The first-order valence-corrected chi connectivity index (χ1v) is 7.56. The zero-order chi connectivity index (χ0) is 16.1. The van der Waals surface area contributed by atoms with Crippen molar-refractivity contribution in [1.29, 1.82) is 0 Å². The number of nitrogens with one attached hydrogen (secondary N) is 1. The molecule has 0 unspecified atom stereocenters. The van der Waals surface area contributed by atoms with Crippen molar-refractivity contribution in [3.05, 3.63) is 41.7 Å². The summed E-state index contributed by atoms with van der Waals surface area (Å²) in [5, 5.41) is 4.72. The molecule has 2 aromatic carbocycles. The molecule has 0 radical (unpaired) electrons. The van der Waals surface area contributed by atoms with Crippen LogP contribution in [0.25, 0.3) is 32.6 Å². The van der Waals surface area contributed by atoms with Gasteiger partial charge in [-0.05, 0) is 42.5 Å². The summed E-state index contributed by atoms with van der Waals surface area (Å²) in [7, 11) is 3.35. The lowest BCUT2D eigenvalue weighted by Gasteiger charge is -2.08. The van der Waals surface area contributed by atoms with Crippen molar-refractivity contribution in [2.24, 2.45) is 0 Å². The molecule has 2 aromatic heterocycles. The minimum Gasteiger partial charge on any atom is -0.497 e. The summed E-state index contributed by atoms with van der Waals surface area (Å²) in [5.41, 5.74) is 4.58. The first-order chi connectivity index (χ1) is 11.2. The summed E-state index contributed by atoms with van der Waals surface area (Å²) >= 11 is 0. The SMILES string of the molecule is COc1cc(OC)c2[nH]c3c(C)c4ccncc4c(C)c3c2c1. The van der Waals surface area contributed by atoms with Gasteiger partial charge in [0.25, 0.3) is 0 Å². The van der Waals surface area contributed by atoms with Gasteiger partial charge < -0.3 is 14.5 Å². The van der Waals surface area contributed by atoms with E-state index < -0.39 is 0 Å². The maximum absolute atomic E-state index is 5.55. The molecule has 23 heavy (non-hydrogen) atoms. The zero-order valence-electron chi connectivity index (χ0n) is 13.7. The van der Waals surface area contributed by atoms with E-state index in [2.05, 4.69) is 35.9 Å². The highest BCUT2D eigenvalue weighted by Gasteiger charge is 2.17. The van der Waals surface area contributed by atoms with E-state index in [1.165, 1.54) is 27.3 Å². The Hall–Kier alpha value is -2.75. The van der Waals surface area contributed by atoms with E-state index in [0.29, 0.717) is 0 Å². The average Bonchev–Trinajstić information content (AvgIpc) is 2.98. The van der Waals surface area contributed by atoms with Gasteiger partial charge in [0, 0.05) is 34.6 Å². The van der Waals surface area contributed by atoms with Gasteiger partial charge in [-0.2, -0.15) is 0 Å². The zero-order valence-corrected chi connectivity index (χ0v) is 13.7. The lowest BCUT2D eigenvalue weighted by Crippen LogP contribution is -1.88. The molecule has 4 rings (SSSR count). The third-order valence-electron chi connectivity index (χ3n) is 4.68. The van der Waals surface area contributed by atoms with E-state index in [0.717, 1.165) is 27.9 Å². The van der Waals surface area contributed by atoms with Gasteiger partial charge in [-0.15, -0.1) is 0 Å². The highest BCUT2D eigenvalue weighted by molar-refractivity contribution is 6.17. The number of nitrogens with zero attached hydrogens (tertiary/aromatic N) is 1. The molecule has 4 nitrogen and oxygen atoms in total. The monoisotopic (exact) mass is 306 g/mol. The minimum atomic E-state index is 0.788. The van der Waals surface area contributed by atoms with Gasteiger partial charge in [-0.1, -0.05) is 0 Å². The maximum Gasteiger partial charge on any atom is 0.146 e. The van der Waals surface area contributed by atoms with Crippen LogP contribution in [-0.4, -0.2) is 24.2 Å². The van der Waals surface area contributed by atoms with E-state index in [1.54, 1.807) is 14.2 Å². The van der Waals surface area contributed by atoms with Gasteiger partial charge in [0.1, 0.15) is 11.5 Å². The van der Waals surface area contributed by atoms with E-state index in [9.17, 15) is 0 Å². The Balaban J connectivity index is 2.29. The van der Waals surface area contributed by atoms with Gasteiger partial charge in [0.05, 0.1) is 25.3 Å². The Morgan fingerprint density at radius 2 is 1.74 bits per heavy atom. The molecular weight excluding hydrogens is 288 g/mol. The van der Waals surface area contributed by atoms with Crippen LogP contribution < -0.4 is 9.47 Å². The van der Waals surface area contributed by atoms with Gasteiger partial charge in [0.2, 0.25) is 0 Å². The largest absolute Gasteiger partial charge is 0.497 e. The Kier molecular flexibility index (Phi) is 2.94. The topological polar surface area (TPSA) is 47.1 Å². The van der Waals surface area contributed by atoms with Crippen LogP contribution in [0.2, 0.25) is 0 Å². The fourth-order valence-electron chi connectivity index (χ4n) is 3.48. The smallest absolute Gasteiger partial charge is 0.146 e. The Morgan fingerprint density at radius 1 is 0.913 bits per heavy atom. The summed E-state index contributed by atoms with van der Waals surface area (Å²) in [6, 6.07) is 6.04. The standard InChI is InChI=1S/C19H18N2O2/c1-10-15-9-20-6-5-13(15)11(2)18-17(10)14-7-12(22-3)8-16(23-4)19(14)21-18/h5-9,21H,1-4H3. The summed E-state index contributed by atoms with van der Waals surface area (Å²) in [6.07, 6.45) is 3.78. The van der Waals surface area contributed by atoms with Gasteiger partial charge in [-0.3, -0.25) is 4.98 Å². The predicted molar refractivity (Wildman–Crippen MR) is 93.7 cm³/mol. The number of fused-ring (bicyclic) bond motifs is 4. The van der Waals surface area contributed by atoms with Gasteiger partial charge in [0.15, 0.2) is 0 Å². The van der Waals surface area contributed by atoms with E-state index in [1.807, 2.05) is 18.5 Å². The molecule has 0 aliphatic carbocycles. The summed E-state index contributed by atoms with van der Waals surface area (Å²) in [5.74, 6) is 1.58. The Morgan fingerprint density at radius 3 is 2.48 bits per heavy atom. The number of H-pyrrole nitrogens is 1. The molecular formula is C19H18N2O2. The number of aromatic amines is 1. The number of benzene rings is 2. The molecule has 0 aliphatic heterocycles. The van der Waals surface area contributed by atoms with Crippen LogP contribution in [0.5, 0.6) is 11.5 Å². The molecule has 116 valence electrons. The summed E-state index contributed by atoms with van der Waals surface area (Å²) in [6.45, 7) is 4.29. The first-order valence-electron chi connectivity index (χ1n) is 7.56. The van der Waals surface area contributed by atoms with E-state index >= 15 is 0 Å². The second kappa shape index (κ2) is 4.88. The van der Waals surface area contributed by atoms with Crippen molar-refractivity contribution in [3.63, 3.8) is 0 Å². The minimum absolute atomic E-state index is 0.788. The van der Waals surface area contributed by atoms with Crippen molar-refractivity contribution < 1.29 is 9.47 Å². The van der Waals surface area contributed by atoms with Crippen LogP contribution in [0.1, 0.15) is 11.1 Å². The van der Waals surface area contributed by atoms with Crippen molar-refractivity contribution in [1.82, 2.24) is 9.97 Å². The normalized spacial score (nSPS) is 11.5. The van der Waals surface area contributed by atoms with Crippen molar-refractivity contribution >= 4 is 32.6 Å². The second-order valence-electron chi connectivity index (χ2n) is 5.80. The van der Waals surface area contributed by atoms with Crippen LogP contribution in [0, 0.1) is 13.8 Å². The molecule has 0 amide bonds. The molecule has 2 heterocycles. The van der Waals surface area contributed by atoms with Crippen molar-refractivity contribution in [2.75, 3.05) is 14.2 Å². The number of rotatable bonds is 2. The fourth-order valence-corrected chi connectivity index (χ4v) is 3.48. The molecule has 0 bridgehead atoms. The van der Waals surface area contributed by atoms with Crippen LogP contribution in [0.15, 0.2) is 30.6 Å². The summed E-state index contributed by atoms with van der Waals surface area (Å²) < 4.78 is 11.0. The molecule has 0 spiro atoms. The average molecular weight is 306 g/mol. The number of hydrogen-bond donors (Lipinski definition) is 1. The predicted octanol–water partition coefficient (Wildman–Crippen LogP) is 4.50. The molecule has 4 aromatic rings. The second-order valence-corrected chi connectivity index (χ2v) is 5.80. The Labute approximate surface area is 134 Å². The number of pyridine rings is 1. The number of ether oxygens (including phenoxy) is 2. The molecule has 0 aliphatic rings. The lowest BCUT2D eigenvalue weighted by atomic mass is 9.97. The van der Waals surface area contributed by atoms with Crippen LogP contribution in [0.4, 0.5) is 0 Å². The molecule has 4 heteroatoms. The van der Waals surface area contributed by atoms with E-state index in [4.69, 9.17) is 9.47 Å². The maximum atomic E-state index is 5.55. The Bertz CT molecular complexity index is 1060. The lowest BCUT2D eigenvalue weighted by molar-refractivity contribution is 0.397. The number of aryl methyl sites for hydroxylation is 2. The molecule has 0 fully saturated rings. The fraction of sp³-hybridized carbons (Fsp3) is 0.211. The third kappa shape index (κ3) is 1.81. The molecule has 1 N–H and O–H groups in total. The van der Waals surface area contributed by atoms with Crippen LogP contribution >= 0.6 is 0 Å². The molecule has 0 saturated heterocycles. The van der Waals surface area contributed by atoms with Crippen LogP contribution in [-0.2, 0) is 0 Å². The van der Waals surface area contributed by atoms with Gasteiger partial charge in [-0.25, -0.2) is 0 Å². The molecule has 0 saturated carbocycles. The number of methoxy groups -OCH3 is 2. The van der Waals surface area contributed by atoms with Crippen molar-refractivity contribution in [2.45, 2.75) is 13.8 Å². The number of aromatic nitrogens is 2. The highest BCUT2D eigenvalue weighted by atomic mass is 16.5. The van der Waals surface area contributed by atoms with Crippen LogP contribution in [0.3, 0.4) is 0 Å². The van der Waals surface area contributed by atoms with Crippen molar-refractivity contribution in [3.8, 4) is 11.5 Å². The first kappa shape index (κ1) is 13.9.